The molecule has 1 aliphatic carbocycles. The fraction of sp³-hybridized carbons (Fsp3) is 0.571. The van der Waals surface area contributed by atoms with Crippen LogP contribution in [0.5, 0.6) is 17.2 Å². The van der Waals surface area contributed by atoms with E-state index in [1.165, 1.54) is 6.42 Å². The average molecular weight is 284 g/mol. The molecule has 2 N–H and O–H groups in total. The molecule has 19 heavy (non-hydrogen) atoms. The van der Waals surface area contributed by atoms with Gasteiger partial charge >= 0.3 is 0 Å². The molecule has 1 aromatic carbocycles. The lowest BCUT2D eigenvalue weighted by atomic mass is 9.64. The van der Waals surface area contributed by atoms with E-state index in [1.54, 1.807) is 7.11 Å². The third-order valence-electron chi connectivity index (χ3n) is 4.21. The third-order valence-corrected chi connectivity index (χ3v) is 4.55. The van der Waals surface area contributed by atoms with E-state index in [-0.39, 0.29) is 5.41 Å². The molecule has 0 unspecified atom stereocenters. The number of ether oxygens (including phenoxy) is 3. The molecule has 4 nitrogen and oxygen atoms in total. The first-order valence-corrected chi connectivity index (χ1v) is 6.96. The predicted molar refractivity (Wildman–Crippen MR) is 73.6 cm³/mol. The summed E-state index contributed by atoms with van der Waals surface area (Å²) in [5.74, 6) is 1.96. The first kappa shape index (κ1) is 12.9. The van der Waals surface area contributed by atoms with E-state index in [0.717, 1.165) is 18.4 Å². The normalized spacial score (nSPS) is 19.7. The van der Waals surface area contributed by atoms with Crippen LogP contribution in [0.15, 0.2) is 6.07 Å². The van der Waals surface area contributed by atoms with Crippen molar-refractivity contribution in [3.63, 3.8) is 0 Å². The van der Waals surface area contributed by atoms with Gasteiger partial charge in [-0.15, -0.1) is 0 Å². The summed E-state index contributed by atoms with van der Waals surface area (Å²) >= 11 is 6.41. The Morgan fingerprint density at radius 3 is 2.68 bits per heavy atom. The topological polar surface area (TPSA) is 53.7 Å². The number of nitrogens with two attached hydrogens (primary N) is 1. The van der Waals surface area contributed by atoms with Crippen molar-refractivity contribution in [2.45, 2.75) is 24.7 Å². The van der Waals surface area contributed by atoms with Crippen molar-refractivity contribution in [3.8, 4) is 17.2 Å². The van der Waals surface area contributed by atoms with Crippen molar-refractivity contribution in [3.05, 3.63) is 16.7 Å². The monoisotopic (exact) mass is 283 g/mol. The third kappa shape index (κ3) is 1.85. The number of halogens is 1. The van der Waals surface area contributed by atoms with Gasteiger partial charge in [0, 0.05) is 17.5 Å². The van der Waals surface area contributed by atoms with Gasteiger partial charge in [0.25, 0.3) is 0 Å². The van der Waals surface area contributed by atoms with Crippen molar-refractivity contribution in [2.24, 2.45) is 5.73 Å². The van der Waals surface area contributed by atoms with Crippen LogP contribution in [-0.4, -0.2) is 26.9 Å². The van der Waals surface area contributed by atoms with Gasteiger partial charge in [-0.1, -0.05) is 18.0 Å². The fourth-order valence-corrected chi connectivity index (χ4v) is 3.24. The Kier molecular flexibility index (Phi) is 3.23. The molecule has 1 fully saturated rings. The predicted octanol–water partition coefficient (Wildman–Crippen LogP) is 2.50. The van der Waals surface area contributed by atoms with Crippen LogP contribution in [0.4, 0.5) is 0 Å². The van der Waals surface area contributed by atoms with Crippen molar-refractivity contribution in [1.82, 2.24) is 0 Å². The largest absolute Gasteiger partial charge is 0.495 e. The molecule has 1 heterocycles. The van der Waals surface area contributed by atoms with Gasteiger partial charge in [0.05, 0.1) is 7.11 Å². The number of benzene rings is 1. The molecule has 0 amide bonds. The molecular formula is C14H18ClNO3. The lowest BCUT2D eigenvalue weighted by molar-refractivity contribution is 0.168. The smallest absolute Gasteiger partial charge is 0.183 e. The summed E-state index contributed by atoms with van der Waals surface area (Å²) in [5.41, 5.74) is 7.01. The number of fused-ring (bicyclic) bond motifs is 1. The Balaban J connectivity index is 2.15. The lowest BCUT2D eigenvalue weighted by Gasteiger charge is -2.42. The Labute approximate surface area is 117 Å². The van der Waals surface area contributed by atoms with Crippen LogP contribution in [0.1, 0.15) is 24.8 Å². The molecule has 5 heteroatoms. The molecular weight excluding hydrogens is 266 g/mol. The van der Waals surface area contributed by atoms with Gasteiger partial charge < -0.3 is 19.9 Å². The summed E-state index contributed by atoms with van der Waals surface area (Å²) < 4.78 is 16.7. The Hall–Kier alpha value is -1.13. The maximum absolute atomic E-state index is 6.41. The van der Waals surface area contributed by atoms with Crippen LogP contribution in [0.25, 0.3) is 0 Å². The molecule has 0 aromatic heterocycles. The first-order chi connectivity index (χ1) is 9.22. The standard InChI is InChI=1S/C14H18ClNO3/c1-17-12-9(14(8-16)3-2-4-14)7-10-13(11(12)15)19-6-5-18-10/h7H,2-6,8,16H2,1H3. The van der Waals surface area contributed by atoms with Crippen LogP contribution in [0.3, 0.4) is 0 Å². The summed E-state index contributed by atoms with van der Waals surface area (Å²) in [6.07, 6.45) is 3.32. The van der Waals surface area contributed by atoms with E-state index in [9.17, 15) is 0 Å². The molecule has 0 spiro atoms. The van der Waals surface area contributed by atoms with Crippen LogP contribution >= 0.6 is 11.6 Å². The van der Waals surface area contributed by atoms with E-state index in [0.29, 0.717) is 42.0 Å². The molecule has 1 aromatic rings. The van der Waals surface area contributed by atoms with E-state index < -0.39 is 0 Å². The summed E-state index contributed by atoms with van der Waals surface area (Å²) in [6.45, 7) is 1.65. The molecule has 3 rings (SSSR count). The molecule has 0 saturated heterocycles. The number of hydrogen-bond acceptors (Lipinski definition) is 4. The zero-order valence-corrected chi connectivity index (χ0v) is 11.8. The van der Waals surface area contributed by atoms with Crippen molar-refractivity contribution >= 4 is 11.6 Å². The zero-order valence-electron chi connectivity index (χ0n) is 11.0. The Morgan fingerprint density at radius 2 is 2.11 bits per heavy atom. The van der Waals surface area contributed by atoms with Crippen LogP contribution < -0.4 is 19.9 Å². The van der Waals surface area contributed by atoms with E-state index >= 15 is 0 Å². The number of methoxy groups -OCH3 is 1. The highest BCUT2D eigenvalue weighted by molar-refractivity contribution is 6.34. The number of hydrogen-bond donors (Lipinski definition) is 1. The second-order valence-corrected chi connectivity index (χ2v) is 5.51. The minimum Gasteiger partial charge on any atom is -0.495 e. The Morgan fingerprint density at radius 1 is 1.37 bits per heavy atom. The van der Waals surface area contributed by atoms with Gasteiger partial charge in [0.2, 0.25) is 0 Å². The second-order valence-electron chi connectivity index (χ2n) is 5.13. The maximum Gasteiger partial charge on any atom is 0.183 e. The molecule has 1 aliphatic heterocycles. The first-order valence-electron chi connectivity index (χ1n) is 6.58. The van der Waals surface area contributed by atoms with Gasteiger partial charge in [-0.05, 0) is 18.9 Å². The van der Waals surface area contributed by atoms with E-state index in [4.69, 9.17) is 31.5 Å². The minimum atomic E-state index is -0.0230. The van der Waals surface area contributed by atoms with Crippen molar-refractivity contribution < 1.29 is 14.2 Å². The second kappa shape index (κ2) is 4.76. The summed E-state index contributed by atoms with van der Waals surface area (Å²) in [4.78, 5) is 0. The zero-order chi connectivity index (χ0) is 13.5. The van der Waals surface area contributed by atoms with Gasteiger partial charge in [-0.2, -0.15) is 0 Å². The van der Waals surface area contributed by atoms with Gasteiger partial charge in [0.1, 0.15) is 24.0 Å². The SMILES string of the molecule is COc1c(C2(CN)CCC2)cc2c(c1Cl)OCCO2. The molecule has 1 saturated carbocycles. The minimum absolute atomic E-state index is 0.0230. The summed E-state index contributed by atoms with van der Waals surface area (Å²) in [7, 11) is 1.63. The van der Waals surface area contributed by atoms with Gasteiger partial charge in [0.15, 0.2) is 11.5 Å². The lowest BCUT2D eigenvalue weighted by Crippen LogP contribution is -2.42. The summed E-state index contributed by atoms with van der Waals surface area (Å²) in [5, 5.41) is 0.495. The fourth-order valence-electron chi connectivity index (χ4n) is 2.91. The van der Waals surface area contributed by atoms with Gasteiger partial charge in [-0.3, -0.25) is 0 Å². The highest BCUT2D eigenvalue weighted by Crippen LogP contribution is 2.53. The maximum atomic E-state index is 6.41. The van der Waals surface area contributed by atoms with Crippen LogP contribution in [0, 0.1) is 0 Å². The highest BCUT2D eigenvalue weighted by Gasteiger charge is 2.41. The molecule has 0 bridgehead atoms. The van der Waals surface area contributed by atoms with E-state index in [2.05, 4.69) is 0 Å². The summed E-state index contributed by atoms with van der Waals surface area (Å²) in [6, 6.07) is 1.99. The van der Waals surface area contributed by atoms with E-state index in [1.807, 2.05) is 6.07 Å². The Bertz CT molecular complexity index is 494. The molecule has 2 aliphatic rings. The molecule has 104 valence electrons. The highest BCUT2D eigenvalue weighted by atomic mass is 35.5. The van der Waals surface area contributed by atoms with Crippen molar-refractivity contribution in [1.29, 1.82) is 0 Å². The van der Waals surface area contributed by atoms with Crippen molar-refractivity contribution in [2.75, 3.05) is 26.9 Å². The molecule has 0 atom stereocenters. The van der Waals surface area contributed by atoms with Crippen LogP contribution in [0.2, 0.25) is 5.02 Å². The van der Waals surface area contributed by atoms with Gasteiger partial charge in [-0.25, -0.2) is 0 Å². The number of rotatable bonds is 3. The quantitative estimate of drug-likeness (QED) is 0.926. The van der Waals surface area contributed by atoms with Crippen LogP contribution in [-0.2, 0) is 5.41 Å². The average Bonchev–Trinajstić information content (AvgIpc) is 2.39. The molecule has 0 radical (unpaired) electrons.